The van der Waals surface area contributed by atoms with Crippen molar-refractivity contribution in [2.45, 2.75) is 46.5 Å². The first-order valence-corrected chi connectivity index (χ1v) is 5.45. The van der Waals surface area contributed by atoms with Crippen molar-refractivity contribution in [1.29, 1.82) is 0 Å². The first-order valence-electron chi connectivity index (χ1n) is 5.45. The van der Waals surface area contributed by atoms with Gasteiger partial charge in [0.1, 0.15) is 0 Å². The molecule has 0 unspecified atom stereocenters. The van der Waals surface area contributed by atoms with Gasteiger partial charge in [0, 0.05) is 0 Å². The highest BCUT2D eigenvalue weighted by molar-refractivity contribution is 5.95. The van der Waals surface area contributed by atoms with Crippen LogP contribution in [0.1, 0.15) is 46.5 Å². The Morgan fingerprint density at radius 2 is 2.21 bits per heavy atom. The lowest BCUT2D eigenvalue weighted by Crippen LogP contribution is -2.20. The topological polar surface area (TPSA) is 17.1 Å². The van der Waals surface area contributed by atoms with Crippen LogP contribution < -0.4 is 0 Å². The van der Waals surface area contributed by atoms with E-state index < -0.39 is 0 Å². The molecule has 1 nitrogen and oxygen atoms in total. The minimum atomic E-state index is 0.251. The molecule has 0 heterocycles. The summed E-state index contributed by atoms with van der Waals surface area (Å²) >= 11 is 0. The van der Waals surface area contributed by atoms with Crippen molar-refractivity contribution in [3.05, 3.63) is 22.8 Å². The van der Waals surface area contributed by atoms with Crippen LogP contribution in [0.4, 0.5) is 0 Å². The van der Waals surface area contributed by atoms with Crippen LogP contribution in [0.25, 0.3) is 0 Å². The van der Waals surface area contributed by atoms with Crippen molar-refractivity contribution < 1.29 is 4.79 Å². The van der Waals surface area contributed by atoms with E-state index in [1.54, 1.807) is 6.92 Å². The highest BCUT2D eigenvalue weighted by atomic mass is 16.1. The maximum Gasteiger partial charge on any atom is 0.155 e. The average molecular weight is 190 g/mol. The molecule has 2 rings (SSSR count). The van der Waals surface area contributed by atoms with Gasteiger partial charge in [0.25, 0.3) is 0 Å². The van der Waals surface area contributed by atoms with E-state index in [1.807, 2.05) is 0 Å². The molecule has 0 aromatic heterocycles. The van der Waals surface area contributed by atoms with Crippen LogP contribution in [0, 0.1) is 5.41 Å². The summed E-state index contributed by atoms with van der Waals surface area (Å²) in [7, 11) is 0. The van der Waals surface area contributed by atoms with Crippen LogP contribution in [0.2, 0.25) is 0 Å². The number of hydrogen-bond donors (Lipinski definition) is 0. The van der Waals surface area contributed by atoms with Gasteiger partial charge in [-0.2, -0.15) is 0 Å². The highest BCUT2D eigenvalue weighted by Crippen LogP contribution is 2.50. The summed E-state index contributed by atoms with van der Waals surface area (Å²) in [5.41, 5.74) is 4.26. The molecule has 0 bridgehead atoms. The Balaban J connectivity index is 2.42. The van der Waals surface area contributed by atoms with Crippen molar-refractivity contribution in [1.82, 2.24) is 0 Å². The molecule has 2 aliphatic carbocycles. The van der Waals surface area contributed by atoms with Gasteiger partial charge in [0.2, 0.25) is 0 Å². The first-order chi connectivity index (χ1) is 6.53. The summed E-state index contributed by atoms with van der Waals surface area (Å²) in [6.07, 6.45) is 6.86. The number of Topliss-reactive ketones (excluding diaryl/α,β-unsaturated/α-hetero) is 1. The van der Waals surface area contributed by atoms with Gasteiger partial charge in [0.15, 0.2) is 5.78 Å². The number of carbonyl (C=O) groups is 1. The predicted octanol–water partition coefficient (Wildman–Crippen LogP) is 3.41. The summed E-state index contributed by atoms with van der Waals surface area (Å²) in [4.78, 5) is 11.3. The molecule has 1 heteroatoms. The predicted molar refractivity (Wildman–Crippen MR) is 58.0 cm³/mol. The molecule has 0 aliphatic heterocycles. The fourth-order valence-corrected chi connectivity index (χ4v) is 2.88. The summed E-state index contributed by atoms with van der Waals surface area (Å²) in [5, 5.41) is 0. The van der Waals surface area contributed by atoms with Crippen LogP contribution in [0.15, 0.2) is 22.8 Å². The van der Waals surface area contributed by atoms with Crippen LogP contribution in [0.3, 0.4) is 0 Å². The van der Waals surface area contributed by atoms with Gasteiger partial charge in [-0.1, -0.05) is 18.6 Å². The first kappa shape index (κ1) is 9.70. The van der Waals surface area contributed by atoms with Gasteiger partial charge in [-0.05, 0) is 56.1 Å². The van der Waals surface area contributed by atoms with Crippen molar-refractivity contribution in [2.24, 2.45) is 5.41 Å². The minimum Gasteiger partial charge on any atom is -0.295 e. The van der Waals surface area contributed by atoms with E-state index in [0.717, 1.165) is 12.0 Å². The van der Waals surface area contributed by atoms with E-state index in [0.29, 0.717) is 0 Å². The third kappa shape index (κ3) is 1.35. The SMILES string of the molecule is CC(=O)C1=CC2=C(C)CCC[C@]2(C)C1. The van der Waals surface area contributed by atoms with Crippen LogP contribution in [-0.2, 0) is 4.79 Å². The number of fused-ring (bicyclic) bond motifs is 1. The largest absolute Gasteiger partial charge is 0.295 e. The standard InChI is InChI=1S/C13H18O/c1-9-5-4-6-13(3)8-11(10(2)14)7-12(9)13/h7H,4-6,8H2,1-3H3/t13-/m1/s1. The number of allylic oxidation sites excluding steroid dienone is 4. The number of hydrogen-bond acceptors (Lipinski definition) is 1. The second-order valence-corrected chi connectivity index (χ2v) is 5.01. The Labute approximate surface area is 85.9 Å². The van der Waals surface area contributed by atoms with Gasteiger partial charge in [-0.15, -0.1) is 0 Å². The smallest absolute Gasteiger partial charge is 0.155 e. The molecular weight excluding hydrogens is 172 g/mol. The fourth-order valence-electron chi connectivity index (χ4n) is 2.88. The van der Waals surface area contributed by atoms with E-state index in [2.05, 4.69) is 19.9 Å². The summed E-state index contributed by atoms with van der Waals surface area (Å²) in [6.45, 7) is 6.20. The normalized spacial score (nSPS) is 31.5. The lowest BCUT2D eigenvalue weighted by Gasteiger charge is -2.32. The zero-order chi connectivity index (χ0) is 10.3. The fraction of sp³-hybridized carbons (Fsp3) is 0.615. The molecule has 2 aliphatic rings. The Morgan fingerprint density at radius 3 is 2.79 bits per heavy atom. The third-order valence-electron chi connectivity index (χ3n) is 3.74. The van der Waals surface area contributed by atoms with Crippen molar-refractivity contribution in [3.63, 3.8) is 0 Å². The Hall–Kier alpha value is -0.850. The molecule has 76 valence electrons. The van der Waals surface area contributed by atoms with E-state index in [4.69, 9.17) is 0 Å². The average Bonchev–Trinajstić information content (AvgIpc) is 2.44. The monoisotopic (exact) mass is 190 g/mol. The van der Waals surface area contributed by atoms with Gasteiger partial charge in [-0.3, -0.25) is 4.79 Å². The maximum atomic E-state index is 11.3. The van der Waals surface area contributed by atoms with Crippen LogP contribution >= 0.6 is 0 Å². The lowest BCUT2D eigenvalue weighted by atomic mass is 9.72. The van der Waals surface area contributed by atoms with Crippen molar-refractivity contribution in [2.75, 3.05) is 0 Å². The molecular formula is C13H18O. The zero-order valence-corrected chi connectivity index (χ0v) is 9.31. The Kier molecular flexibility index (Phi) is 2.13. The van der Waals surface area contributed by atoms with Gasteiger partial charge < -0.3 is 0 Å². The third-order valence-corrected chi connectivity index (χ3v) is 3.74. The van der Waals surface area contributed by atoms with Crippen LogP contribution in [0.5, 0.6) is 0 Å². The molecule has 0 saturated heterocycles. The molecule has 0 fully saturated rings. The summed E-state index contributed by atoms with van der Waals surface area (Å²) in [5.74, 6) is 0.251. The molecule has 14 heavy (non-hydrogen) atoms. The quantitative estimate of drug-likeness (QED) is 0.619. The van der Waals surface area contributed by atoms with E-state index in [1.165, 1.54) is 30.4 Å². The molecule has 0 N–H and O–H groups in total. The second-order valence-electron chi connectivity index (χ2n) is 5.01. The van der Waals surface area contributed by atoms with Gasteiger partial charge >= 0.3 is 0 Å². The summed E-state index contributed by atoms with van der Waals surface area (Å²) < 4.78 is 0. The molecule has 0 radical (unpaired) electrons. The minimum absolute atomic E-state index is 0.251. The van der Waals surface area contributed by atoms with Crippen molar-refractivity contribution >= 4 is 5.78 Å². The molecule has 0 aromatic rings. The molecule has 0 saturated carbocycles. The van der Waals surface area contributed by atoms with Crippen LogP contribution in [-0.4, -0.2) is 5.78 Å². The molecule has 0 aromatic carbocycles. The second kappa shape index (κ2) is 3.08. The van der Waals surface area contributed by atoms with Gasteiger partial charge in [-0.25, -0.2) is 0 Å². The number of carbonyl (C=O) groups excluding carboxylic acids is 1. The Bertz CT molecular complexity index is 346. The highest BCUT2D eigenvalue weighted by Gasteiger charge is 2.38. The molecule has 0 amide bonds. The van der Waals surface area contributed by atoms with E-state index in [-0.39, 0.29) is 11.2 Å². The van der Waals surface area contributed by atoms with E-state index >= 15 is 0 Å². The maximum absolute atomic E-state index is 11.3. The zero-order valence-electron chi connectivity index (χ0n) is 9.31. The molecule has 0 spiro atoms. The van der Waals surface area contributed by atoms with E-state index in [9.17, 15) is 4.79 Å². The Morgan fingerprint density at radius 1 is 1.50 bits per heavy atom. The summed E-state index contributed by atoms with van der Waals surface area (Å²) in [6, 6.07) is 0. The molecule has 1 atom stereocenters. The number of rotatable bonds is 1. The van der Waals surface area contributed by atoms with Crippen molar-refractivity contribution in [3.8, 4) is 0 Å². The van der Waals surface area contributed by atoms with Gasteiger partial charge in [0.05, 0.1) is 0 Å². The lowest BCUT2D eigenvalue weighted by molar-refractivity contribution is -0.113. The number of ketones is 1.